The first kappa shape index (κ1) is 19.8. The van der Waals surface area contributed by atoms with E-state index in [0.717, 1.165) is 36.1 Å². The summed E-state index contributed by atoms with van der Waals surface area (Å²) in [6, 6.07) is 5.88. The van der Waals surface area contributed by atoms with Gasteiger partial charge in [-0.2, -0.15) is 0 Å². The number of pyridine rings is 2. The molecular weight excluding hydrogens is 324 g/mol. The quantitative estimate of drug-likeness (QED) is 0.469. The summed E-state index contributed by atoms with van der Waals surface area (Å²) in [6.45, 7) is 8.17. The number of nitrogens with zero attached hydrogens (tertiary/aromatic N) is 2. The van der Waals surface area contributed by atoms with Crippen LogP contribution >= 0.6 is 0 Å². The molecule has 4 nitrogen and oxygen atoms in total. The van der Waals surface area contributed by atoms with Crippen molar-refractivity contribution in [2.45, 2.75) is 59.5 Å². The van der Waals surface area contributed by atoms with Crippen LogP contribution in [0.15, 0.2) is 42.7 Å². The van der Waals surface area contributed by atoms with E-state index in [1.807, 2.05) is 45.0 Å². The van der Waals surface area contributed by atoms with Crippen molar-refractivity contribution in [2.24, 2.45) is 0 Å². The maximum atomic E-state index is 12.4. The summed E-state index contributed by atoms with van der Waals surface area (Å²) in [7, 11) is 0. The lowest BCUT2D eigenvalue weighted by atomic mass is 10.0. The average Bonchev–Trinajstić information content (AvgIpc) is 2.60. The lowest BCUT2D eigenvalue weighted by Gasteiger charge is -2.17. The van der Waals surface area contributed by atoms with Crippen molar-refractivity contribution < 1.29 is 9.53 Å². The Labute approximate surface area is 156 Å². The fourth-order valence-electron chi connectivity index (χ4n) is 2.95. The molecule has 0 saturated carbocycles. The third kappa shape index (κ3) is 5.80. The van der Waals surface area contributed by atoms with E-state index in [1.54, 1.807) is 18.5 Å². The first-order valence-electron chi connectivity index (χ1n) is 9.29. The average molecular weight is 352 g/mol. The predicted molar refractivity (Wildman–Crippen MR) is 105 cm³/mol. The molecule has 0 saturated heterocycles. The zero-order valence-electron chi connectivity index (χ0n) is 16.2. The van der Waals surface area contributed by atoms with Gasteiger partial charge in [0.1, 0.15) is 6.10 Å². The highest BCUT2D eigenvalue weighted by molar-refractivity contribution is 6.05. The van der Waals surface area contributed by atoms with Gasteiger partial charge >= 0.3 is 0 Å². The van der Waals surface area contributed by atoms with E-state index >= 15 is 0 Å². The van der Waals surface area contributed by atoms with Crippen LogP contribution < -0.4 is 4.74 Å². The van der Waals surface area contributed by atoms with E-state index in [-0.39, 0.29) is 11.9 Å². The van der Waals surface area contributed by atoms with Crippen LogP contribution in [0, 0.1) is 13.8 Å². The molecule has 0 aliphatic heterocycles. The Morgan fingerprint density at radius 3 is 2.77 bits per heavy atom. The van der Waals surface area contributed by atoms with Crippen molar-refractivity contribution in [2.75, 3.05) is 0 Å². The van der Waals surface area contributed by atoms with Gasteiger partial charge in [-0.15, -0.1) is 0 Å². The fraction of sp³-hybridized carbons (Fsp3) is 0.409. The van der Waals surface area contributed by atoms with E-state index in [4.69, 9.17) is 4.74 Å². The van der Waals surface area contributed by atoms with E-state index in [9.17, 15) is 4.79 Å². The van der Waals surface area contributed by atoms with Gasteiger partial charge in [0, 0.05) is 36.1 Å². The number of aryl methyl sites for hydroxylation is 3. The molecule has 0 fully saturated rings. The maximum absolute atomic E-state index is 12.4. The van der Waals surface area contributed by atoms with Gasteiger partial charge in [-0.3, -0.25) is 9.78 Å². The first-order valence-corrected chi connectivity index (χ1v) is 9.29. The van der Waals surface area contributed by atoms with Crippen LogP contribution in [0.25, 0.3) is 0 Å². The van der Waals surface area contributed by atoms with E-state index in [0.29, 0.717) is 17.9 Å². The van der Waals surface area contributed by atoms with Gasteiger partial charge in [0.25, 0.3) is 0 Å². The van der Waals surface area contributed by atoms with Crippen molar-refractivity contribution in [3.05, 3.63) is 65.1 Å². The Morgan fingerprint density at radius 1 is 1.27 bits per heavy atom. The van der Waals surface area contributed by atoms with Gasteiger partial charge in [0.15, 0.2) is 5.78 Å². The standard InChI is InChI=1S/C22H28N2O2/c1-5-8-19(26-22-14-16(3)13-17(4)24-22)9-7-10-21(25)20-15-23-12-11-18(20)6-2/h7,10-15,19H,5-6,8-9H2,1-4H3/b10-7+/t19-/m1/s1. The fourth-order valence-corrected chi connectivity index (χ4v) is 2.95. The zero-order chi connectivity index (χ0) is 18.9. The van der Waals surface area contributed by atoms with Crippen LogP contribution in [0.2, 0.25) is 0 Å². The van der Waals surface area contributed by atoms with Crippen LogP contribution in [0.1, 0.15) is 60.3 Å². The van der Waals surface area contributed by atoms with E-state index in [1.165, 1.54) is 0 Å². The van der Waals surface area contributed by atoms with Gasteiger partial charge in [-0.25, -0.2) is 4.98 Å². The number of rotatable bonds is 9. The smallest absolute Gasteiger partial charge is 0.213 e. The lowest BCUT2D eigenvalue weighted by molar-refractivity contribution is 0.104. The molecule has 138 valence electrons. The Morgan fingerprint density at radius 2 is 2.08 bits per heavy atom. The number of ketones is 1. The molecule has 2 aromatic rings. The molecule has 0 spiro atoms. The Hall–Kier alpha value is -2.49. The van der Waals surface area contributed by atoms with Gasteiger partial charge in [-0.1, -0.05) is 26.3 Å². The molecule has 0 aromatic carbocycles. The minimum Gasteiger partial charge on any atom is -0.474 e. The molecule has 2 rings (SSSR count). The van der Waals surface area contributed by atoms with Crippen molar-refractivity contribution >= 4 is 5.78 Å². The number of aromatic nitrogens is 2. The monoisotopic (exact) mass is 352 g/mol. The lowest BCUT2D eigenvalue weighted by Crippen LogP contribution is -2.16. The normalized spacial score (nSPS) is 12.3. The van der Waals surface area contributed by atoms with Crippen LogP contribution in [-0.4, -0.2) is 21.9 Å². The molecule has 2 heterocycles. The number of carbonyl (C=O) groups excluding carboxylic acids is 1. The largest absolute Gasteiger partial charge is 0.474 e. The summed E-state index contributed by atoms with van der Waals surface area (Å²) in [5, 5.41) is 0. The topological polar surface area (TPSA) is 52.1 Å². The van der Waals surface area contributed by atoms with Crippen LogP contribution in [0.5, 0.6) is 5.88 Å². The summed E-state index contributed by atoms with van der Waals surface area (Å²) < 4.78 is 6.06. The zero-order valence-corrected chi connectivity index (χ0v) is 16.2. The van der Waals surface area contributed by atoms with Crippen LogP contribution in [0.3, 0.4) is 0 Å². The Balaban J connectivity index is 2.03. The molecule has 4 heteroatoms. The van der Waals surface area contributed by atoms with Gasteiger partial charge in [-0.05, 0) is 56.0 Å². The highest BCUT2D eigenvalue weighted by Crippen LogP contribution is 2.17. The summed E-state index contributed by atoms with van der Waals surface area (Å²) in [5.74, 6) is 0.649. The van der Waals surface area contributed by atoms with Gasteiger partial charge in [0.2, 0.25) is 5.88 Å². The van der Waals surface area contributed by atoms with Gasteiger partial charge < -0.3 is 4.74 Å². The second-order valence-corrected chi connectivity index (χ2v) is 6.54. The highest BCUT2D eigenvalue weighted by Gasteiger charge is 2.11. The number of ether oxygens (including phenoxy) is 1. The molecule has 0 bridgehead atoms. The Bertz CT molecular complexity index is 748. The number of hydrogen-bond donors (Lipinski definition) is 0. The minimum absolute atomic E-state index is 0.00489. The highest BCUT2D eigenvalue weighted by atomic mass is 16.5. The summed E-state index contributed by atoms with van der Waals surface area (Å²) in [6.07, 6.45) is 10.3. The summed E-state index contributed by atoms with van der Waals surface area (Å²) >= 11 is 0. The number of hydrogen-bond acceptors (Lipinski definition) is 4. The third-order valence-electron chi connectivity index (χ3n) is 4.20. The molecule has 0 aliphatic carbocycles. The number of allylic oxidation sites excluding steroid dienone is 1. The summed E-state index contributed by atoms with van der Waals surface area (Å²) in [5.41, 5.74) is 3.78. The minimum atomic E-state index is -0.00489. The third-order valence-corrected chi connectivity index (χ3v) is 4.20. The molecule has 0 amide bonds. The van der Waals surface area contributed by atoms with Crippen LogP contribution in [0.4, 0.5) is 0 Å². The van der Waals surface area contributed by atoms with Crippen LogP contribution in [-0.2, 0) is 6.42 Å². The number of carbonyl (C=O) groups is 1. The molecule has 26 heavy (non-hydrogen) atoms. The molecule has 0 aliphatic rings. The molecular formula is C22H28N2O2. The van der Waals surface area contributed by atoms with E-state index < -0.39 is 0 Å². The van der Waals surface area contributed by atoms with E-state index in [2.05, 4.69) is 16.9 Å². The molecule has 2 aromatic heterocycles. The summed E-state index contributed by atoms with van der Waals surface area (Å²) in [4.78, 5) is 21.0. The SMILES string of the molecule is CCC[C@H](C/C=C/C(=O)c1cnccc1CC)Oc1cc(C)cc(C)n1. The van der Waals surface area contributed by atoms with Gasteiger partial charge in [0.05, 0.1) is 0 Å². The molecule has 1 atom stereocenters. The molecule has 0 N–H and O–H groups in total. The maximum Gasteiger partial charge on any atom is 0.213 e. The second-order valence-electron chi connectivity index (χ2n) is 6.54. The van der Waals surface area contributed by atoms with Crippen molar-refractivity contribution in [3.8, 4) is 5.88 Å². The van der Waals surface area contributed by atoms with Crippen molar-refractivity contribution in [3.63, 3.8) is 0 Å². The first-order chi connectivity index (χ1) is 12.5. The second kappa shape index (κ2) is 9.85. The Kier molecular flexibility index (Phi) is 7.52. The predicted octanol–water partition coefficient (Wildman–Crippen LogP) is 5.03. The molecule has 0 unspecified atom stereocenters. The molecule has 0 radical (unpaired) electrons. The van der Waals surface area contributed by atoms with Crippen molar-refractivity contribution in [1.82, 2.24) is 9.97 Å². The van der Waals surface area contributed by atoms with Crippen molar-refractivity contribution in [1.29, 1.82) is 0 Å².